The van der Waals surface area contributed by atoms with Crippen molar-refractivity contribution in [3.8, 4) is 11.8 Å². The molecule has 0 amide bonds. The molecule has 2 atom stereocenters. The normalized spacial score (nSPS) is 33.9. The minimum Gasteiger partial charge on any atom is -0.325 e. The number of halogens is 1. The quantitative estimate of drug-likeness (QED) is 0.696. The van der Waals surface area contributed by atoms with Crippen molar-refractivity contribution in [3.05, 3.63) is 35.6 Å². The molecule has 0 spiro atoms. The summed E-state index contributed by atoms with van der Waals surface area (Å²) in [6.45, 7) is 0. The van der Waals surface area contributed by atoms with Gasteiger partial charge in [0.25, 0.3) is 0 Å². The smallest absolute Gasteiger partial charge is 0.124 e. The molecule has 1 aromatic rings. The van der Waals surface area contributed by atoms with E-state index in [4.69, 9.17) is 5.73 Å². The van der Waals surface area contributed by atoms with Gasteiger partial charge in [0.05, 0.1) is 0 Å². The van der Waals surface area contributed by atoms with Gasteiger partial charge in [-0.2, -0.15) is 0 Å². The van der Waals surface area contributed by atoms with Crippen LogP contribution in [0.2, 0.25) is 0 Å². The Morgan fingerprint density at radius 2 is 2.06 bits per heavy atom. The average molecular weight is 243 g/mol. The van der Waals surface area contributed by atoms with Crippen LogP contribution in [0.1, 0.15) is 44.1 Å². The molecule has 2 bridgehead atoms. The van der Waals surface area contributed by atoms with E-state index in [1.54, 1.807) is 6.07 Å². The van der Waals surface area contributed by atoms with Crippen LogP contribution in [0.25, 0.3) is 0 Å². The monoisotopic (exact) mass is 243 g/mol. The summed E-state index contributed by atoms with van der Waals surface area (Å²) in [6.07, 6.45) is 6.66. The fourth-order valence-electron chi connectivity index (χ4n) is 3.48. The van der Waals surface area contributed by atoms with E-state index in [9.17, 15) is 4.39 Å². The fraction of sp³-hybridized carbons (Fsp3) is 0.500. The lowest BCUT2D eigenvalue weighted by atomic mass is 9.73. The van der Waals surface area contributed by atoms with Crippen molar-refractivity contribution in [1.29, 1.82) is 0 Å². The molecule has 2 unspecified atom stereocenters. The van der Waals surface area contributed by atoms with E-state index in [2.05, 4.69) is 11.8 Å². The van der Waals surface area contributed by atoms with Crippen LogP contribution in [-0.2, 0) is 0 Å². The van der Waals surface area contributed by atoms with E-state index in [0.717, 1.165) is 37.7 Å². The zero-order valence-corrected chi connectivity index (χ0v) is 10.5. The Balaban J connectivity index is 1.85. The zero-order valence-electron chi connectivity index (χ0n) is 10.5. The van der Waals surface area contributed by atoms with E-state index < -0.39 is 0 Å². The van der Waals surface area contributed by atoms with Crippen LogP contribution in [0, 0.1) is 23.1 Å². The first-order valence-electron chi connectivity index (χ1n) is 6.67. The molecule has 2 fully saturated rings. The summed E-state index contributed by atoms with van der Waals surface area (Å²) in [5.41, 5.74) is 7.24. The minimum absolute atomic E-state index is 0.0227. The highest BCUT2D eigenvalue weighted by Gasteiger charge is 2.48. The molecule has 2 N–H and O–H groups in total. The Morgan fingerprint density at radius 3 is 2.89 bits per heavy atom. The molecule has 18 heavy (non-hydrogen) atoms. The molecule has 94 valence electrons. The van der Waals surface area contributed by atoms with Crippen LogP contribution < -0.4 is 5.73 Å². The van der Waals surface area contributed by atoms with Gasteiger partial charge in [0, 0.05) is 16.5 Å². The summed E-state index contributed by atoms with van der Waals surface area (Å²) >= 11 is 0. The van der Waals surface area contributed by atoms with Gasteiger partial charge < -0.3 is 5.73 Å². The lowest BCUT2D eigenvalue weighted by Crippen LogP contribution is -2.40. The maximum absolute atomic E-state index is 13.1. The molecule has 2 heteroatoms. The van der Waals surface area contributed by atoms with E-state index in [0.29, 0.717) is 0 Å². The molecule has 3 rings (SSSR count). The second-order valence-electron chi connectivity index (χ2n) is 5.93. The molecule has 0 aromatic heterocycles. The predicted molar refractivity (Wildman–Crippen MR) is 70.3 cm³/mol. The van der Waals surface area contributed by atoms with Crippen molar-refractivity contribution in [2.45, 2.75) is 44.1 Å². The lowest BCUT2D eigenvalue weighted by Gasteiger charge is -2.33. The third kappa shape index (κ3) is 2.15. The molecule has 1 nitrogen and oxygen atoms in total. The third-order valence-electron chi connectivity index (χ3n) is 4.42. The van der Waals surface area contributed by atoms with Crippen molar-refractivity contribution < 1.29 is 4.39 Å². The molecule has 2 aliphatic carbocycles. The van der Waals surface area contributed by atoms with Crippen molar-refractivity contribution in [2.75, 3.05) is 0 Å². The van der Waals surface area contributed by atoms with Gasteiger partial charge >= 0.3 is 0 Å². The van der Waals surface area contributed by atoms with Crippen LogP contribution in [0.5, 0.6) is 0 Å². The number of nitrogens with two attached hydrogens (primary N) is 1. The van der Waals surface area contributed by atoms with Crippen LogP contribution in [0.3, 0.4) is 0 Å². The third-order valence-corrected chi connectivity index (χ3v) is 4.42. The minimum atomic E-state index is -0.220. The van der Waals surface area contributed by atoms with E-state index in [1.165, 1.54) is 18.6 Å². The van der Waals surface area contributed by atoms with Gasteiger partial charge in [-0.1, -0.05) is 24.3 Å². The highest BCUT2D eigenvalue weighted by Crippen LogP contribution is 2.52. The Hall–Kier alpha value is -1.33. The van der Waals surface area contributed by atoms with E-state index in [-0.39, 0.29) is 16.8 Å². The molecule has 0 heterocycles. The summed E-state index contributed by atoms with van der Waals surface area (Å²) in [7, 11) is 0. The highest BCUT2D eigenvalue weighted by atomic mass is 19.1. The summed E-state index contributed by atoms with van der Waals surface area (Å²) in [4.78, 5) is 0. The summed E-state index contributed by atoms with van der Waals surface area (Å²) in [6, 6.07) is 6.52. The molecule has 0 radical (unpaired) electrons. The number of rotatable bonds is 0. The van der Waals surface area contributed by atoms with Gasteiger partial charge in [-0.15, -0.1) is 0 Å². The first-order valence-corrected chi connectivity index (χ1v) is 6.67. The Bertz CT molecular complexity index is 527. The van der Waals surface area contributed by atoms with Crippen molar-refractivity contribution >= 4 is 0 Å². The Labute approximate surface area is 108 Å². The number of hydrogen-bond acceptors (Lipinski definition) is 1. The standard InChI is InChI=1S/C16H18FN/c17-14-4-1-3-13(11-14)5-8-15-6-2-7-16(18,12-15)10-9-15/h1,3-4,11H,2,6-7,9-10,12,18H2. The lowest BCUT2D eigenvalue weighted by molar-refractivity contribution is 0.257. The van der Waals surface area contributed by atoms with Crippen LogP contribution >= 0.6 is 0 Å². The maximum atomic E-state index is 13.1. The molecule has 1 aromatic carbocycles. The van der Waals surface area contributed by atoms with Gasteiger partial charge in [-0.25, -0.2) is 4.39 Å². The summed E-state index contributed by atoms with van der Waals surface area (Å²) in [5, 5.41) is 0. The number of fused-ring (bicyclic) bond motifs is 2. The number of hydrogen-bond donors (Lipinski definition) is 1. The maximum Gasteiger partial charge on any atom is 0.124 e. The summed E-state index contributed by atoms with van der Waals surface area (Å²) < 4.78 is 13.1. The van der Waals surface area contributed by atoms with Crippen molar-refractivity contribution in [2.24, 2.45) is 11.1 Å². The molecule has 2 aliphatic rings. The Morgan fingerprint density at radius 1 is 1.17 bits per heavy atom. The van der Waals surface area contributed by atoms with Crippen LogP contribution in [0.4, 0.5) is 4.39 Å². The SMILES string of the molecule is NC12CCCC(C#Cc3cccc(F)c3)(CC1)C2. The number of benzene rings is 1. The van der Waals surface area contributed by atoms with Gasteiger partial charge in [-0.3, -0.25) is 0 Å². The van der Waals surface area contributed by atoms with Crippen LogP contribution in [-0.4, -0.2) is 5.54 Å². The Kier molecular flexibility index (Phi) is 2.68. The van der Waals surface area contributed by atoms with E-state index >= 15 is 0 Å². The first kappa shape index (κ1) is 11.7. The largest absolute Gasteiger partial charge is 0.325 e. The molecule has 2 saturated carbocycles. The predicted octanol–water partition coefficient (Wildman–Crippen LogP) is 3.23. The molecular weight excluding hydrogens is 225 g/mol. The second-order valence-corrected chi connectivity index (χ2v) is 5.93. The second kappa shape index (κ2) is 4.10. The van der Waals surface area contributed by atoms with Crippen molar-refractivity contribution in [3.63, 3.8) is 0 Å². The fourth-order valence-corrected chi connectivity index (χ4v) is 3.48. The van der Waals surface area contributed by atoms with E-state index in [1.807, 2.05) is 6.07 Å². The highest BCUT2D eigenvalue weighted by molar-refractivity contribution is 5.37. The van der Waals surface area contributed by atoms with Gasteiger partial charge in [-0.05, 0) is 50.3 Å². The van der Waals surface area contributed by atoms with Gasteiger partial charge in [0.2, 0.25) is 0 Å². The topological polar surface area (TPSA) is 26.0 Å². The molecule has 0 saturated heterocycles. The van der Waals surface area contributed by atoms with Gasteiger partial charge in [0.15, 0.2) is 0 Å². The van der Waals surface area contributed by atoms with Gasteiger partial charge in [0.1, 0.15) is 5.82 Å². The molecular formula is C16H18FN. The zero-order chi connectivity index (χ0) is 12.6. The average Bonchev–Trinajstić information content (AvgIpc) is 2.58. The first-order chi connectivity index (χ1) is 8.59. The molecule has 0 aliphatic heterocycles. The van der Waals surface area contributed by atoms with Crippen molar-refractivity contribution in [1.82, 2.24) is 0 Å². The van der Waals surface area contributed by atoms with Crippen LogP contribution in [0.15, 0.2) is 24.3 Å². The summed E-state index contributed by atoms with van der Waals surface area (Å²) in [5.74, 6) is 6.32.